The van der Waals surface area contributed by atoms with Gasteiger partial charge in [-0.25, -0.2) is 100 Å². The van der Waals surface area contributed by atoms with Gasteiger partial charge in [-0.3, -0.25) is 24.5 Å². The minimum Gasteiger partial charge on any atom is -0.370 e. The van der Waals surface area contributed by atoms with Crippen LogP contribution in [0.5, 0.6) is 0 Å². The SMILES string of the molecule is C.Cc1cn2c(n1)CN([C@H]1COC(c3cc(F)c(F)cc3F)[C@@H](N)C1)CC2.N[C@H]1C[C@@H](N2CCc3cnc(C(F)(F)F)nc3C2)COC1c1cc(F)c(F)cc1F.N[C@H]1C[C@@H](N2CCc3nc(C(F)(F)F)ncc3C2)COC1c1cc(F)c(F)cc1F.N[C@H]1C[C@@H](N2CCc3noc(C4CC4)c3C2)COC1c1cc(F)c(F)cc1F.N[C@H]1C[C@@H](N2CCn3nc(C(F)(F)F)nc3C2)COC1c1cc(F)c(F)cc1F. The van der Waals surface area contributed by atoms with Crippen molar-refractivity contribution in [3.05, 3.63) is 269 Å². The van der Waals surface area contributed by atoms with Crippen LogP contribution in [0.1, 0.15) is 191 Å². The number of fused-ring (bicyclic) bond motifs is 5. The number of benzene rings is 5. The molecule has 5 saturated heterocycles. The highest BCUT2D eigenvalue weighted by Crippen LogP contribution is 2.46. The molecule has 0 spiro atoms. The summed E-state index contributed by atoms with van der Waals surface area (Å²) in [6.45, 7) is 9.33. The monoisotopic (exact) mass is 2060 g/mol. The number of hydrogen-bond acceptors (Lipinski definition) is 24. The number of imidazole rings is 1. The van der Waals surface area contributed by atoms with E-state index in [-0.39, 0.29) is 111 Å². The average molecular weight is 2060 g/mol. The van der Waals surface area contributed by atoms with Gasteiger partial charge in [0.25, 0.3) is 5.82 Å². The number of aryl methyl sites for hydroxylation is 1. The lowest BCUT2D eigenvalue weighted by molar-refractivity contribution is -0.146. The maximum absolute atomic E-state index is 14.1. The van der Waals surface area contributed by atoms with Gasteiger partial charge in [0.05, 0.1) is 75.4 Å². The van der Waals surface area contributed by atoms with Gasteiger partial charge in [-0.1, -0.05) is 12.6 Å². The van der Waals surface area contributed by atoms with Gasteiger partial charge >= 0.3 is 18.5 Å². The summed E-state index contributed by atoms with van der Waals surface area (Å²) < 4.78 is 357. The fourth-order valence-corrected chi connectivity index (χ4v) is 20.0. The fourth-order valence-electron chi connectivity index (χ4n) is 20.0. The second-order valence-corrected chi connectivity index (χ2v) is 37.2. The minimum absolute atomic E-state index is 0. The van der Waals surface area contributed by atoms with E-state index in [4.69, 9.17) is 56.9 Å². The molecule has 10 aromatic rings. The van der Waals surface area contributed by atoms with Gasteiger partial charge in [-0.05, 0) is 94.2 Å². The summed E-state index contributed by atoms with van der Waals surface area (Å²) in [5.41, 5.74) is 35.5. The van der Waals surface area contributed by atoms with Crippen LogP contribution in [0, 0.1) is 94.2 Å². The van der Waals surface area contributed by atoms with Crippen molar-refractivity contribution in [2.75, 3.05) is 65.8 Å². The van der Waals surface area contributed by atoms with Gasteiger partial charge in [0.15, 0.2) is 58.2 Å². The second-order valence-electron chi connectivity index (χ2n) is 37.2. The first kappa shape index (κ1) is 106. The summed E-state index contributed by atoms with van der Waals surface area (Å²) >= 11 is 0. The molecule has 5 unspecified atom stereocenters. The largest absolute Gasteiger partial charge is 0.453 e. The summed E-state index contributed by atoms with van der Waals surface area (Å²) in [5.74, 6) is -17.4. The van der Waals surface area contributed by atoms with Crippen molar-refractivity contribution in [3.8, 4) is 0 Å². The van der Waals surface area contributed by atoms with Crippen LogP contribution in [0.4, 0.5) is 105 Å². The van der Waals surface area contributed by atoms with E-state index < -0.39 is 184 Å². The maximum Gasteiger partial charge on any atom is 0.453 e. The standard InChI is InChI=1S/C20H22F3N3O2.2C19H18F6N4O.C18H21F3N4O.C17H17F6N5O.CH4/c21-14-7-16(23)15(22)6-12(14)20-17(24)5-11(9-27-20)26-4-3-18-13(8-26)19(28-25-18)10-1-2-10;20-12-5-14(22)13(21)4-11(12)17-15(26)3-10(8-30-17)29-2-1-16-9(7-29)6-27-18(28-16)19(23,24)25;20-12-5-14(22)13(21)4-11(12)17-15(26)3-10(8-30-17)29-2-1-9-6-27-18(19(23,24)25)28-16(9)7-29;1-10-7-25-3-2-24(8-17(25)23-10)11-4-16(22)18(26-9-11)12-5-14(20)15(21)6-13(12)19;18-10-5-12(20)11(19)4-9(10)15-13(24)3-8(7-29-15)27-1-2-28-14(6-27)25-16(26-28)17(21,22)23;/h6-7,10-11,17,20H,1-5,8-9,24H2;2*4-6,10,15,17H,1-3,7-8,26H2;5-7,11,16,18H,2-4,8-9,22H2,1H3;4-5,8,13,15H,1-3,6-7,24H2;1H4/t11-,17+,20?;2*10-,15+,17?;11-,16+,18?;8-,13+,15?;/m11111./s1. The molecule has 15 atom stereocenters. The van der Waals surface area contributed by atoms with E-state index in [0.717, 1.165) is 98.7 Å². The molecule has 144 heavy (non-hydrogen) atoms. The first-order chi connectivity index (χ1) is 67.8. The number of halogens is 24. The van der Waals surface area contributed by atoms with Crippen LogP contribution < -0.4 is 28.7 Å². The van der Waals surface area contributed by atoms with E-state index in [9.17, 15) is 105 Å². The number of hydrogen-bond donors (Lipinski definition) is 5. The van der Waals surface area contributed by atoms with Crippen molar-refractivity contribution in [3.63, 3.8) is 0 Å². The lowest BCUT2D eigenvalue weighted by atomic mass is 9.92. The van der Waals surface area contributed by atoms with Gasteiger partial charge < -0.3 is 61.4 Å². The molecular formula is C94H100F24N20O6. The first-order valence-electron chi connectivity index (χ1n) is 46.0. The molecule has 50 heteroatoms. The van der Waals surface area contributed by atoms with Crippen LogP contribution in [0.2, 0.25) is 0 Å². The van der Waals surface area contributed by atoms with E-state index in [0.29, 0.717) is 150 Å². The van der Waals surface area contributed by atoms with Crippen LogP contribution in [0.25, 0.3) is 0 Å². The third-order valence-corrected chi connectivity index (χ3v) is 27.5. The van der Waals surface area contributed by atoms with Crippen molar-refractivity contribution in [1.29, 1.82) is 0 Å². The third kappa shape index (κ3) is 23.7. The number of nitrogens with two attached hydrogens (primary N) is 5. The van der Waals surface area contributed by atoms with E-state index in [1.807, 2.05) is 27.8 Å². The van der Waals surface area contributed by atoms with Crippen LogP contribution >= 0.6 is 0 Å². The van der Waals surface area contributed by atoms with Gasteiger partial charge in [-0.15, -0.1) is 5.10 Å². The van der Waals surface area contributed by atoms with E-state index in [1.165, 1.54) is 22.6 Å². The summed E-state index contributed by atoms with van der Waals surface area (Å²) in [6.07, 6.45) is -7.67. The number of rotatable bonds is 11. The van der Waals surface area contributed by atoms with Crippen molar-refractivity contribution in [2.45, 2.75) is 240 Å². The Balaban J connectivity index is 0.000000129. The van der Waals surface area contributed by atoms with Crippen LogP contribution in [-0.2, 0) is 107 Å². The Morgan fingerprint density at radius 2 is 0.667 bits per heavy atom. The lowest BCUT2D eigenvalue weighted by Gasteiger charge is -2.41. The Bertz CT molecular complexity index is 6260. The lowest BCUT2D eigenvalue weighted by Crippen LogP contribution is -2.51. The summed E-state index contributed by atoms with van der Waals surface area (Å²) in [6, 6.07) is 2.78. The molecular weight excluding hydrogens is 1960 g/mol. The molecule has 6 fully saturated rings. The number of alkyl halides is 9. The van der Waals surface area contributed by atoms with Crippen LogP contribution in [-0.4, -0.2) is 200 Å². The van der Waals surface area contributed by atoms with Crippen LogP contribution in [0.3, 0.4) is 0 Å². The van der Waals surface area contributed by atoms with Crippen molar-refractivity contribution in [2.24, 2.45) is 28.7 Å². The average Bonchev–Trinajstić information content (AvgIpc) is 1.58. The molecule has 0 bridgehead atoms. The molecule has 780 valence electrons. The molecule has 5 aromatic heterocycles. The van der Waals surface area contributed by atoms with Gasteiger partial charge in [0, 0.05) is 226 Å². The van der Waals surface area contributed by atoms with E-state index >= 15 is 0 Å². The molecule has 10 aliphatic heterocycles. The normalized spacial score (nSPS) is 26.1. The van der Waals surface area contributed by atoms with Crippen LogP contribution in [0.15, 0.2) is 83.8 Å². The molecule has 11 aliphatic rings. The predicted octanol–water partition coefficient (Wildman–Crippen LogP) is 14.7. The highest BCUT2D eigenvalue weighted by atomic mass is 19.4. The Hall–Kier alpha value is -10.5. The zero-order chi connectivity index (χ0) is 102. The topological polar surface area (TPSA) is 319 Å². The number of nitrogens with zero attached hydrogens (tertiary/aromatic N) is 15. The highest BCUT2D eigenvalue weighted by Gasteiger charge is 2.47. The molecule has 0 amide bonds. The quantitative estimate of drug-likeness (QED) is 0.0593. The number of aromatic nitrogens is 10. The molecule has 10 N–H and O–H groups in total. The predicted molar refractivity (Wildman–Crippen MR) is 461 cm³/mol. The molecule has 26 nitrogen and oxygen atoms in total. The molecule has 0 radical (unpaired) electrons. The Labute approximate surface area is 807 Å². The van der Waals surface area contributed by atoms with Crippen molar-refractivity contribution >= 4 is 0 Å². The smallest absolute Gasteiger partial charge is 0.370 e. The molecule has 1 saturated carbocycles. The molecule has 1 aliphatic carbocycles. The zero-order valence-corrected chi connectivity index (χ0v) is 76.0. The molecule has 5 aromatic carbocycles. The second kappa shape index (κ2) is 43.5. The zero-order valence-electron chi connectivity index (χ0n) is 76.0. The van der Waals surface area contributed by atoms with E-state index in [1.54, 1.807) is 0 Å². The Morgan fingerprint density at radius 3 is 1.05 bits per heavy atom. The highest BCUT2D eigenvalue weighted by molar-refractivity contribution is 5.34. The van der Waals surface area contributed by atoms with Crippen molar-refractivity contribution < 1.29 is 134 Å². The summed E-state index contributed by atoms with van der Waals surface area (Å²) in [7, 11) is 0. The third-order valence-electron chi connectivity index (χ3n) is 27.5. The summed E-state index contributed by atoms with van der Waals surface area (Å²) in [4.78, 5) is 32.5. The van der Waals surface area contributed by atoms with Gasteiger partial charge in [0.1, 0.15) is 77.0 Å². The van der Waals surface area contributed by atoms with Gasteiger partial charge in [-0.2, -0.15) is 39.5 Å². The Kier molecular flexibility index (Phi) is 32.1. The molecule has 21 rings (SSSR count). The maximum atomic E-state index is 14.1. The van der Waals surface area contributed by atoms with E-state index in [2.05, 4.69) is 54.5 Å². The Morgan fingerprint density at radius 1 is 0.333 bits per heavy atom. The minimum atomic E-state index is -4.63. The molecule has 15 heterocycles. The number of ether oxygens (including phenoxy) is 5. The summed E-state index contributed by atoms with van der Waals surface area (Å²) in [5, 5.41) is 7.71. The van der Waals surface area contributed by atoms with Gasteiger partial charge in [0.2, 0.25) is 11.6 Å². The van der Waals surface area contributed by atoms with Crippen molar-refractivity contribution in [1.82, 2.24) is 73.9 Å². The fraction of sp³-hybridized carbons (Fsp3) is 0.511. The first-order valence-corrected chi connectivity index (χ1v) is 46.0.